The highest BCUT2D eigenvalue weighted by molar-refractivity contribution is 6.07. The monoisotopic (exact) mass is 437 g/mol. The maximum atomic E-state index is 12.9. The van der Waals surface area contributed by atoms with Crippen molar-refractivity contribution in [2.75, 3.05) is 19.6 Å². The number of carbonyl (C=O) groups excluding carboxylic acids is 2. The molecule has 1 unspecified atom stereocenters. The van der Waals surface area contributed by atoms with Crippen molar-refractivity contribution in [3.63, 3.8) is 0 Å². The van der Waals surface area contributed by atoms with Crippen molar-refractivity contribution in [3.8, 4) is 0 Å². The summed E-state index contributed by atoms with van der Waals surface area (Å²) in [5, 5.41) is 10.7. The van der Waals surface area contributed by atoms with Crippen LogP contribution in [0.1, 0.15) is 22.3 Å². The predicted molar refractivity (Wildman–Crippen MR) is 132 cm³/mol. The number of carbonyl (C=O) groups is 2. The first-order chi connectivity index (χ1) is 16.2. The number of benzene rings is 4. The molecule has 0 aliphatic carbocycles. The van der Waals surface area contributed by atoms with Gasteiger partial charge in [0, 0.05) is 31.2 Å². The topological polar surface area (TPSA) is 61.4 Å². The summed E-state index contributed by atoms with van der Waals surface area (Å²) in [5.74, 6) is 0.00241. The van der Waals surface area contributed by atoms with Gasteiger partial charge >= 0.3 is 0 Å². The third kappa shape index (κ3) is 4.59. The van der Waals surface area contributed by atoms with Gasteiger partial charge in [-0.15, -0.1) is 0 Å². The second-order valence-corrected chi connectivity index (χ2v) is 8.56. The molecule has 4 aromatic rings. The second kappa shape index (κ2) is 9.43. The van der Waals surface area contributed by atoms with Crippen LogP contribution in [0.25, 0.3) is 21.5 Å². The van der Waals surface area contributed by atoms with Crippen LogP contribution in [-0.4, -0.2) is 42.4 Å². The van der Waals surface area contributed by atoms with E-state index in [1.807, 2.05) is 65.6 Å². The molecule has 0 bridgehead atoms. The molecular weight excluding hydrogens is 410 g/mol. The lowest BCUT2D eigenvalue weighted by Crippen LogP contribution is -2.41. The van der Waals surface area contributed by atoms with Crippen LogP contribution in [0, 0.1) is 0 Å². The van der Waals surface area contributed by atoms with Crippen molar-refractivity contribution in [2.45, 2.75) is 19.0 Å². The number of hydrogen-bond acceptors (Lipinski definition) is 3. The van der Waals surface area contributed by atoms with E-state index in [4.69, 9.17) is 0 Å². The van der Waals surface area contributed by atoms with E-state index in [9.17, 15) is 9.59 Å². The van der Waals surface area contributed by atoms with Gasteiger partial charge in [-0.3, -0.25) is 9.59 Å². The van der Waals surface area contributed by atoms with Gasteiger partial charge in [0.15, 0.2) is 0 Å². The van der Waals surface area contributed by atoms with Crippen LogP contribution in [0.4, 0.5) is 0 Å². The molecule has 5 nitrogen and oxygen atoms in total. The Hall–Kier alpha value is -3.70. The van der Waals surface area contributed by atoms with E-state index in [1.165, 1.54) is 10.8 Å². The summed E-state index contributed by atoms with van der Waals surface area (Å²) in [4.78, 5) is 27.6. The maximum absolute atomic E-state index is 12.9. The summed E-state index contributed by atoms with van der Waals surface area (Å²) in [5.41, 5.74) is 1.83. The molecule has 1 heterocycles. The van der Waals surface area contributed by atoms with Crippen molar-refractivity contribution in [2.24, 2.45) is 0 Å². The molecule has 1 atom stereocenters. The summed E-state index contributed by atoms with van der Waals surface area (Å²) in [6.07, 6.45) is 0.784. The summed E-state index contributed by atoms with van der Waals surface area (Å²) in [7, 11) is 0. The Morgan fingerprint density at radius 2 is 1.55 bits per heavy atom. The molecule has 0 spiro atoms. The molecule has 2 amide bonds. The zero-order valence-corrected chi connectivity index (χ0v) is 18.5. The lowest BCUT2D eigenvalue weighted by molar-refractivity contribution is -0.130. The minimum Gasteiger partial charge on any atom is -0.350 e. The Bertz CT molecular complexity index is 1310. The average Bonchev–Trinajstić information content (AvgIpc) is 3.03. The fourth-order valence-corrected chi connectivity index (χ4v) is 4.59. The first-order valence-electron chi connectivity index (χ1n) is 11.4. The maximum Gasteiger partial charge on any atom is 0.251 e. The number of nitrogens with one attached hydrogen (secondary N) is 2. The molecule has 4 aromatic carbocycles. The molecule has 33 heavy (non-hydrogen) atoms. The van der Waals surface area contributed by atoms with E-state index in [0.717, 1.165) is 22.8 Å². The highest BCUT2D eigenvalue weighted by atomic mass is 16.2. The molecular formula is C28H27N3O2. The molecule has 5 heteroatoms. The smallest absolute Gasteiger partial charge is 0.251 e. The highest BCUT2D eigenvalue weighted by Gasteiger charge is 2.23. The number of amides is 2. The summed E-state index contributed by atoms with van der Waals surface area (Å²) in [6, 6.07) is 28.2. The number of nitrogens with zero attached hydrogens (tertiary/aromatic N) is 1. The van der Waals surface area contributed by atoms with Crippen LogP contribution in [0.15, 0.2) is 84.9 Å². The molecule has 5 rings (SSSR count). The largest absolute Gasteiger partial charge is 0.350 e. The van der Waals surface area contributed by atoms with E-state index in [1.54, 1.807) is 0 Å². The molecule has 166 valence electrons. The van der Waals surface area contributed by atoms with E-state index in [-0.39, 0.29) is 24.4 Å². The normalized spacial score (nSPS) is 16.7. The Labute approximate surface area is 193 Å². The van der Waals surface area contributed by atoms with Gasteiger partial charge in [-0.25, -0.2) is 0 Å². The summed E-state index contributed by atoms with van der Waals surface area (Å²) >= 11 is 0. The SMILES string of the molecule is O=C(NCC1CCN(Cc2cccc3ccccc23)C(=O)CN1)c1cccc2ccccc12. The molecule has 2 N–H and O–H groups in total. The Morgan fingerprint density at radius 1 is 0.879 bits per heavy atom. The molecule has 0 saturated carbocycles. The van der Waals surface area contributed by atoms with Gasteiger partial charge in [0.25, 0.3) is 5.91 Å². The van der Waals surface area contributed by atoms with Crippen molar-refractivity contribution >= 4 is 33.4 Å². The summed E-state index contributed by atoms with van der Waals surface area (Å²) < 4.78 is 0. The zero-order valence-electron chi connectivity index (χ0n) is 18.5. The molecule has 1 fully saturated rings. The molecule has 1 aliphatic heterocycles. The standard InChI is InChI=1S/C28H27N3O2/c32-27-18-29-23(17-30-28(33)26-14-6-10-21-8-2-4-13-25(21)26)15-16-31(27)19-22-11-5-9-20-7-1-3-12-24(20)22/h1-14,23,29H,15-19H2,(H,30,33). The van der Waals surface area contributed by atoms with Crippen LogP contribution in [0.3, 0.4) is 0 Å². The van der Waals surface area contributed by atoms with Crippen LogP contribution in [0.2, 0.25) is 0 Å². The molecule has 0 radical (unpaired) electrons. The first kappa shape index (κ1) is 21.2. The summed E-state index contributed by atoms with van der Waals surface area (Å²) in [6.45, 7) is 2.01. The third-order valence-corrected chi connectivity index (χ3v) is 6.43. The van der Waals surface area contributed by atoms with Crippen LogP contribution < -0.4 is 10.6 Å². The first-order valence-corrected chi connectivity index (χ1v) is 11.4. The minimum atomic E-state index is -0.0863. The van der Waals surface area contributed by atoms with E-state index in [0.29, 0.717) is 25.2 Å². The van der Waals surface area contributed by atoms with E-state index in [2.05, 4.69) is 34.9 Å². The van der Waals surface area contributed by atoms with Gasteiger partial charge < -0.3 is 15.5 Å². The van der Waals surface area contributed by atoms with Crippen molar-refractivity contribution in [3.05, 3.63) is 96.1 Å². The average molecular weight is 438 g/mol. The van der Waals surface area contributed by atoms with Gasteiger partial charge in [0.1, 0.15) is 0 Å². The highest BCUT2D eigenvalue weighted by Crippen LogP contribution is 2.21. The Balaban J connectivity index is 1.22. The zero-order chi connectivity index (χ0) is 22.6. The van der Waals surface area contributed by atoms with Crippen molar-refractivity contribution in [1.82, 2.24) is 15.5 Å². The number of hydrogen-bond donors (Lipinski definition) is 2. The van der Waals surface area contributed by atoms with Gasteiger partial charge in [-0.05, 0) is 39.6 Å². The Morgan fingerprint density at radius 3 is 2.36 bits per heavy atom. The molecule has 0 aromatic heterocycles. The second-order valence-electron chi connectivity index (χ2n) is 8.56. The molecule has 1 aliphatic rings. The quantitative estimate of drug-likeness (QED) is 0.494. The van der Waals surface area contributed by atoms with Gasteiger partial charge in [-0.1, -0.05) is 78.9 Å². The fraction of sp³-hybridized carbons (Fsp3) is 0.214. The van der Waals surface area contributed by atoms with Crippen LogP contribution in [0.5, 0.6) is 0 Å². The van der Waals surface area contributed by atoms with Crippen LogP contribution >= 0.6 is 0 Å². The van der Waals surface area contributed by atoms with Gasteiger partial charge in [0.2, 0.25) is 5.91 Å². The van der Waals surface area contributed by atoms with Crippen molar-refractivity contribution < 1.29 is 9.59 Å². The van der Waals surface area contributed by atoms with Crippen LogP contribution in [-0.2, 0) is 11.3 Å². The minimum absolute atomic E-state index is 0.0467. The third-order valence-electron chi connectivity index (χ3n) is 6.43. The molecule has 1 saturated heterocycles. The van der Waals surface area contributed by atoms with Crippen molar-refractivity contribution in [1.29, 1.82) is 0 Å². The Kier molecular flexibility index (Phi) is 6.05. The number of rotatable bonds is 5. The van der Waals surface area contributed by atoms with E-state index >= 15 is 0 Å². The van der Waals surface area contributed by atoms with Gasteiger partial charge in [0.05, 0.1) is 6.54 Å². The van der Waals surface area contributed by atoms with Gasteiger partial charge in [-0.2, -0.15) is 0 Å². The number of fused-ring (bicyclic) bond motifs is 2. The lowest BCUT2D eigenvalue weighted by atomic mass is 10.0. The fourth-order valence-electron chi connectivity index (χ4n) is 4.59. The lowest BCUT2D eigenvalue weighted by Gasteiger charge is -2.21. The van der Waals surface area contributed by atoms with E-state index < -0.39 is 0 Å². The predicted octanol–water partition coefficient (Wildman–Crippen LogP) is 4.11.